The number of aliphatic hydroxyl groups is 12. The molecule has 0 bridgehead atoms. The Kier molecular flexibility index (Phi) is 37.3. The van der Waals surface area contributed by atoms with Crippen molar-refractivity contribution in [2.24, 2.45) is 17.3 Å². The maximum atomic E-state index is 15.0. The van der Waals surface area contributed by atoms with Crippen LogP contribution in [0.1, 0.15) is 168 Å². The van der Waals surface area contributed by atoms with Crippen LogP contribution in [0.3, 0.4) is 0 Å². The molecule has 4 aliphatic heterocycles. The van der Waals surface area contributed by atoms with Gasteiger partial charge in [-0.05, 0) is 96.4 Å². The van der Waals surface area contributed by atoms with E-state index in [0.29, 0.717) is 122 Å². The van der Waals surface area contributed by atoms with Gasteiger partial charge >= 0.3 is 0 Å². The molecule has 4 aliphatic rings. The highest BCUT2D eigenvalue weighted by atomic mass is 16.7. The van der Waals surface area contributed by atoms with Crippen LogP contribution in [0.25, 0.3) is 0 Å². The molecule has 4 aromatic heterocycles. The topological polar surface area (TPSA) is 508 Å². The fourth-order valence-corrected chi connectivity index (χ4v) is 14.3. The lowest BCUT2D eigenvalue weighted by Gasteiger charge is -2.42. The summed E-state index contributed by atoms with van der Waals surface area (Å²) in [5.41, 5.74) is 2.11. The molecular weight excluding hydrogens is 1450 g/mol. The molecule has 0 saturated carbocycles. The average Bonchev–Trinajstić information content (AvgIpc) is 1.81. The highest BCUT2D eigenvalue weighted by molar-refractivity contribution is 5.88. The standard InChI is InChI=1S/C73H125N15O23/c1-45-60(95)62(97)54(40-89)108-69(45)104-28-18-8-13-24-84-33-49(74-44-84)32-83(34-50-37-86(80-77-50)25-15-10-20-30-106-71-58(75-47(3)93)66(101)64(99)56(42-91)110-71)23-17-12-22-53(68(103)73(5,6)7)85(35-51-38-87(81-78-51)26-14-9-19-29-105-70-46(2)61(96)63(98)55(41-90)109-70)36-52-39-88(82-79-52)27-16-11-21-31-107-72-59(76-48(4)94)67(102)65(100)57(43-92)111-72/h33,37-39,44-46,53-67,69-72,89-92,95-102H,8-32,34-36,40-43H2,1-7H3,(H,75,93)(H,76,94)/t45-,46-,53+,54-,55-,56-,57-,58-,59-,60-,61-,62+,63+,64+,65+,66-,67-,69-,70-,71-,72-/m1/s1. The van der Waals surface area contributed by atoms with E-state index in [1.807, 2.05) is 51.9 Å². The minimum absolute atomic E-state index is 0.0335. The molecule has 21 atom stereocenters. The van der Waals surface area contributed by atoms with E-state index in [1.54, 1.807) is 27.9 Å². The summed E-state index contributed by atoms with van der Waals surface area (Å²) in [4.78, 5) is 48.1. The summed E-state index contributed by atoms with van der Waals surface area (Å²) < 4.78 is 54.0. The number of Topliss-reactive ketones (excluding diaryl/α,β-unsaturated/α-hetero) is 1. The van der Waals surface area contributed by atoms with Crippen molar-refractivity contribution in [3.63, 3.8) is 0 Å². The Morgan fingerprint density at radius 3 is 1.21 bits per heavy atom. The van der Waals surface area contributed by atoms with Gasteiger partial charge in [-0.1, -0.05) is 56.7 Å². The second kappa shape index (κ2) is 45.6. The molecule has 4 fully saturated rings. The molecule has 0 aliphatic carbocycles. The van der Waals surface area contributed by atoms with Crippen LogP contribution >= 0.6 is 0 Å². The van der Waals surface area contributed by atoms with Crippen molar-refractivity contribution in [2.45, 2.75) is 314 Å². The van der Waals surface area contributed by atoms with Crippen molar-refractivity contribution in [3.8, 4) is 0 Å². The summed E-state index contributed by atoms with van der Waals surface area (Å²) in [6, 6.07) is -2.68. The number of amides is 2. The van der Waals surface area contributed by atoms with E-state index in [0.717, 1.165) is 56.3 Å². The first-order valence-corrected chi connectivity index (χ1v) is 39.4. The van der Waals surface area contributed by atoms with Gasteiger partial charge in [-0.2, -0.15) is 0 Å². The Hall–Kier alpha value is -5.64. The Labute approximate surface area is 648 Å². The molecule has 0 aromatic carbocycles. The number of nitrogens with one attached hydrogen (secondary N) is 2. The largest absolute Gasteiger partial charge is 0.394 e. The van der Waals surface area contributed by atoms with E-state index in [2.05, 4.69) is 55.9 Å². The van der Waals surface area contributed by atoms with E-state index in [4.69, 9.17) is 42.9 Å². The monoisotopic (exact) mass is 1580 g/mol. The molecule has 0 spiro atoms. The molecular formula is C73H125N15O23. The fraction of sp³-hybridized carbons (Fsp3) is 0.836. The van der Waals surface area contributed by atoms with Crippen LogP contribution in [0.4, 0.5) is 0 Å². The maximum absolute atomic E-state index is 15.0. The lowest BCUT2D eigenvalue weighted by atomic mass is 9.84. The van der Waals surface area contributed by atoms with Crippen LogP contribution in [0, 0.1) is 17.3 Å². The van der Waals surface area contributed by atoms with E-state index >= 15 is 4.79 Å². The van der Waals surface area contributed by atoms with E-state index < -0.39 is 172 Å². The maximum Gasteiger partial charge on any atom is 0.217 e. The number of rotatable bonds is 49. The van der Waals surface area contributed by atoms with Crippen molar-refractivity contribution >= 4 is 17.6 Å². The van der Waals surface area contributed by atoms with Crippen LogP contribution in [0.5, 0.6) is 0 Å². The Morgan fingerprint density at radius 2 is 0.820 bits per heavy atom. The van der Waals surface area contributed by atoms with Gasteiger partial charge in [0, 0.05) is 135 Å². The first-order valence-electron chi connectivity index (χ1n) is 39.4. The number of unbranched alkanes of at least 4 members (excludes halogenated alkanes) is 9. The summed E-state index contributed by atoms with van der Waals surface area (Å²) in [6.07, 6.45) is 1.84. The second-order valence-corrected chi connectivity index (χ2v) is 31.0. The Balaban J connectivity index is 0.912. The highest BCUT2D eigenvalue weighted by Crippen LogP contribution is 2.31. The van der Waals surface area contributed by atoms with Gasteiger partial charge < -0.3 is 114 Å². The molecule has 0 radical (unpaired) electrons. The van der Waals surface area contributed by atoms with Crippen molar-refractivity contribution in [2.75, 3.05) is 59.4 Å². The second-order valence-electron chi connectivity index (χ2n) is 31.0. The number of carbonyl (C=O) groups is 3. The quantitative estimate of drug-likeness (QED) is 0.0219. The molecule has 4 saturated heterocycles. The number of hydrogen-bond donors (Lipinski definition) is 14. The molecule has 0 unspecified atom stereocenters. The van der Waals surface area contributed by atoms with Gasteiger partial charge in [0.05, 0.1) is 73.8 Å². The molecule has 38 heteroatoms. The zero-order valence-corrected chi connectivity index (χ0v) is 65.3. The van der Waals surface area contributed by atoms with Gasteiger partial charge in [0.25, 0.3) is 0 Å². The van der Waals surface area contributed by atoms with Gasteiger partial charge in [0.1, 0.15) is 73.1 Å². The molecule has 111 heavy (non-hydrogen) atoms. The first kappa shape index (κ1) is 90.9. The SMILES string of the molecule is CC(=O)N[C@H]1[C@H](OCCCCCn2cc(CN(CCCC[C@@H](C(=O)C(C)(C)C)N(Cc3cn(CCCCCO[C@@H]4O[C@H](CO)[C@H](O)[C@H](O)[C@H]4C)nn3)Cc3cn(CCCCCO[C@@H]4O[C@H](CO)[C@H](O)[C@H](O)[C@H]4NC(C)=O)nn3)Cc3cn(CCCCCO[C@@H]4O[C@H](CO)[C@H](O)[C@H](O)[C@H]4C)cn3)nn2)O[C@H](CO)[C@H](O)[C@@H]1O. The molecule has 8 heterocycles. The summed E-state index contributed by atoms with van der Waals surface area (Å²) in [6.45, 7) is 15.2. The normalized spacial score (nSPS) is 29.0. The molecule has 630 valence electrons. The average molecular weight is 1580 g/mol. The van der Waals surface area contributed by atoms with E-state index in [1.165, 1.54) is 13.8 Å². The third-order valence-electron chi connectivity index (χ3n) is 20.8. The van der Waals surface area contributed by atoms with Crippen LogP contribution in [-0.2, 0) is 105 Å². The summed E-state index contributed by atoms with van der Waals surface area (Å²) in [7, 11) is 0. The minimum atomic E-state index is -1.43. The van der Waals surface area contributed by atoms with Crippen LogP contribution < -0.4 is 10.6 Å². The molecule has 8 rings (SSSR count). The van der Waals surface area contributed by atoms with Crippen LogP contribution in [0.15, 0.2) is 31.1 Å². The summed E-state index contributed by atoms with van der Waals surface area (Å²) in [5.74, 6) is -1.83. The number of ketones is 1. The third kappa shape index (κ3) is 27.5. The smallest absolute Gasteiger partial charge is 0.217 e. The van der Waals surface area contributed by atoms with Gasteiger partial charge in [-0.25, -0.2) is 4.98 Å². The predicted octanol–water partition coefficient (Wildman–Crippen LogP) is -1.70. The molecule has 2 amide bonds. The highest BCUT2D eigenvalue weighted by Gasteiger charge is 2.48. The Bertz CT molecular complexity index is 3330. The van der Waals surface area contributed by atoms with E-state index in [9.17, 15) is 70.9 Å². The Morgan fingerprint density at radius 1 is 0.459 bits per heavy atom. The number of hydrogen-bond acceptors (Lipinski definition) is 32. The van der Waals surface area contributed by atoms with Gasteiger partial charge in [0.15, 0.2) is 30.9 Å². The van der Waals surface area contributed by atoms with Gasteiger partial charge in [-0.15, -0.1) is 15.3 Å². The number of ether oxygens (including phenoxy) is 8. The molecule has 14 N–H and O–H groups in total. The lowest BCUT2D eigenvalue weighted by Crippen LogP contribution is -2.64. The molecule has 4 aromatic rings. The number of aliphatic hydroxyl groups excluding tert-OH is 12. The van der Waals surface area contributed by atoms with Crippen molar-refractivity contribution in [1.82, 2.24) is 75.0 Å². The van der Waals surface area contributed by atoms with Crippen LogP contribution in [0.2, 0.25) is 0 Å². The van der Waals surface area contributed by atoms with Crippen molar-refractivity contribution in [1.29, 1.82) is 0 Å². The summed E-state index contributed by atoms with van der Waals surface area (Å²) in [5, 5.41) is 155. The number of aryl methyl sites for hydroxylation is 4. The number of nitrogens with zero attached hydrogens (tertiary/aromatic N) is 13. The lowest BCUT2D eigenvalue weighted by molar-refractivity contribution is -0.282. The molecule has 38 nitrogen and oxygen atoms in total. The van der Waals surface area contributed by atoms with Gasteiger partial charge in [-0.3, -0.25) is 38.2 Å². The number of imidazole rings is 1. The van der Waals surface area contributed by atoms with Crippen molar-refractivity contribution in [3.05, 3.63) is 53.9 Å². The minimum Gasteiger partial charge on any atom is -0.394 e. The number of aromatic nitrogens is 11. The predicted molar refractivity (Wildman–Crippen MR) is 392 cm³/mol. The van der Waals surface area contributed by atoms with E-state index in [-0.39, 0.29) is 32.1 Å². The summed E-state index contributed by atoms with van der Waals surface area (Å²) >= 11 is 0. The first-order chi connectivity index (χ1) is 53.2. The zero-order valence-electron chi connectivity index (χ0n) is 65.3. The van der Waals surface area contributed by atoms with Crippen LogP contribution in [-0.4, -0.2) is 319 Å². The number of carbonyl (C=O) groups excluding carboxylic acids is 3. The van der Waals surface area contributed by atoms with Gasteiger partial charge in [0.2, 0.25) is 11.8 Å². The fourth-order valence-electron chi connectivity index (χ4n) is 14.3. The third-order valence-corrected chi connectivity index (χ3v) is 20.8. The zero-order chi connectivity index (χ0) is 80.3. The van der Waals surface area contributed by atoms with Crippen molar-refractivity contribution < 1.29 is 114 Å².